The molecule has 18 heavy (non-hydrogen) atoms. The molecule has 0 aliphatic rings. The molecule has 0 aliphatic heterocycles. The topological polar surface area (TPSA) is 29.1 Å². The second-order valence-electron chi connectivity index (χ2n) is 3.96. The normalized spacial score (nSPS) is 10.8. The van der Waals surface area contributed by atoms with Crippen LogP contribution < -0.4 is 5.32 Å². The Kier molecular flexibility index (Phi) is 6.05. The van der Waals surface area contributed by atoms with E-state index >= 15 is 0 Å². The summed E-state index contributed by atoms with van der Waals surface area (Å²) in [4.78, 5) is 11.4. The van der Waals surface area contributed by atoms with E-state index in [0.29, 0.717) is 18.5 Å². The second-order valence-corrected chi connectivity index (χ2v) is 3.96. The lowest BCUT2D eigenvalue weighted by atomic mass is 10.1. The average molecular weight is 253 g/mol. The Balaban J connectivity index is 2.31. The predicted molar refractivity (Wildman–Crippen MR) is 67.1 cm³/mol. The van der Waals surface area contributed by atoms with Crippen molar-refractivity contribution >= 4 is 5.91 Å². The molecule has 2 nitrogen and oxygen atoms in total. The summed E-state index contributed by atoms with van der Waals surface area (Å²) in [6, 6.07) is 3.70. The standard InChI is InChI=1S/C14H17F2NO/c1-2-3-4-9-17-14(18)8-6-11-5-7-12(15)13(16)10-11/h2-3,5,7,10H,4,6,8-9H2,1H3,(H,17,18)/b3-2+. The summed E-state index contributed by atoms with van der Waals surface area (Å²) in [5.41, 5.74) is 0.623. The molecular weight excluding hydrogens is 236 g/mol. The van der Waals surface area contributed by atoms with E-state index in [1.165, 1.54) is 6.07 Å². The minimum Gasteiger partial charge on any atom is -0.356 e. The lowest BCUT2D eigenvalue weighted by Crippen LogP contribution is -2.24. The van der Waals surface area contributed by atoms with Gasteiger partial charge in [-0.15, -0.1) is 0 Å². The van der Waals surface area contributed by atoms with Crippen LogP contribution in [0.1, 0.15) is 25.3 Å². The van der Waals surface area contributed by atoms with Crippen molar-refractivity contribution in [3.05, 3.63) is 47.5 Å². The van der Waals surface area contributed by atoms with Crippen molar-refractivity contribution in [1.29, 1.82) is 0 Å². The zero-order chi connectivity index (χ0) is 13.4. The summed E-state index contributed by atoms with van der Waals surface area (Å²) < 4.78 is 25.6. The Morgan fingerprint density at radius 2 is 2.11 bits per heavy atom. The number of hydrogen-bond donors (Lipinski definition) is 1. The van der Waals surface area contributed by atoms with Gasteiger partial charge >= 0.3 is 0 Å². The first kappa shape index (κ1) is 14.4. The van der Waals surface area contributed by atoms with Crippen LogP contribution in [0, 0.1) is 11.6 Å². The zero-order valence-corrected chi connectivity index (χ0v) is 10.4. The van der Waals surface area contributed by atoms with E-state index in [0.717, 1.165) is 18.6 Å². The van der Waals surface area contributed by atoms with Gasteiger partial charge in [0.25, 0.3) is 0 Å². The molecule has 0 saturated heterocycles. The molecule has 0 spiro atoms. The molecule has 0 fully saturated rings. The quantitative estimate of drug-likeness (QED) is 0.613. The average Bonchev–Trinajstić information content (AvgIpc) is 2.36. The smallest absolute Gasteiger partial charge is 0.220 e. The molecule has 0 saturated carbocycles. The van der Waals surface area contributed by atoms with E-state index in [4.69, 9.17) is 0 Å². The molecule has 1 aromatic carbocycles. The maximum atomic E-state index is 12.9. The van der Waals surface area contributed by atoms with E-state index in [-0.39, 0.29) is 12.3 Å². The number of amides is 1. The van der Waals surface area contributed by atoms with Gasteiger partial charge in [-0.05, 0) is 37.5 Å². The van der Waals surface area contributed by atoms with Crippen LogP contribution >= 0.6 is 0 Å². The Labute approximate surface area is 106 Å². The van der Waals surface area contributed by atoms with Gasteiger partial charge in [0.05, 0.1) is 0 Å². The number of carbonyl (C=O) groups excluding carboxylic acids is 1. The first-order valence-electron chi connectivity index (χ1n) is 5.95. The predicted octanol–water partition coefficient (Wildman–Crippen LogP) is 2.98. The molecule has 1 amide bonds. The molecule has 98 valence electrons. The molecule has 1 aromatic rings. The van der Waals surface area contributed by atoms with Crippen LogP contribution in [0.2, 0.25) is 0 Å². The summed E-state index contributed by atoms with van der Waals surface area (Å²) in [7, 11) is 0. The molecule has 0 aliphatic carbocycles. The Bertz CT molecular complexity index is 430. The molecule has 0 bridgehead atoms. The van der Waals surface area contributed by atoms with Gasteiger partial charge in [0.15, 0.2) is 11.6 Å². The molecule has 0 radical (unpaired) electrons. The van der Waals surface area contributed by atoms with E-state index in [1.54, 1.807) is 0 Å². The number of carbonyl (C=O) groups is 1. The van der Waals surface area contributed by atoms with E-state index < -0.39 is 11.6 Å². The highest BCUT2D eigenvalue weighted by Gasteiger charge is 2.05. The highest BCUT2D eigenvalue weighted by atomic mass is 19.2. The fourth-order valence-electron chi connectivity index (χ4n) is 1.50. The molecule has 0 heterocycles. The van der Waals surface area contributed by atoms with Gasteiger partial charge < -0.3 is 5.32 Å². The molecule has 1 rings (SSSR count). The summed E-state index contributed by atoms with van der Waals surface area (Å²) in [6.07, 6.45) is 5.38. The lowest BCUT2D eigenvalue weighted by Gasteiger charge is -2.04. The molecule has 1 N–H and O–H groups in total. The summed E-state index contributed by atoms with van der Waals surface area (Å²) >= 11 is 0. The minimum atomic E-state index is -0.874. The van der Waals surface area contributed by atoms with E-state index in [9.17, 15) is 13.6 Å². The molecular formula is C14H17F2NO. The first-order chi connectivity index (χ1) is 8.63. The minimum absolute atomic E-state index is 0.0794. The van der Waals surface area contributed by atoms with Gasteiger partial charge in [-0.25, -0.2) is 8.78 Å². The SMILES string of the molecule is C/C=C/CCNC(=O)CCc1ccc(F)c(F)c1. The van der Waals surface area contributed by atoms with Crippen molar-refractivity contribution in [2.45, 2.75) is 26.2 Å². The Hall–Kier alpha value is -1.71. The number of nitrogens with one attached hydrogen (secondary N) is 1. The van der Waals surface area contributed by atoms with Gasteiger partial charge in [-0.3, -0.25) is 4.79 Å². The highest BCUT2D eigenvalue weighted by Crippen LogP contribution is 2.10. The monoisotopic (exact) mass is 253 g/mol. The zero-order valence-electron chi connectivity index (χ0n) is 10.4. The Morgan fingerprint density at radius 1 is 1.33 bits per heavy atom. The van der Waals surface area contributed by atoms with Crippen molar-refractivity contribution in [3.8, 4) is 0 Å². The molecule has 4 heteroatoms. The molecule has 0 aromatic heterocycles. The summed E-state index contributed by atoms with van der Waals surface area (Å²) in [6.45, 7) is 2.52. The van der Waals surface area contributed by atoms with Crippen LogP contribution in [0.25, 0.3) is 0 Å². The highest BCUT2D eigenvalue weighted by molar-refractivity contribution is 5.76. The largest absolute Gasteiger partial charge is 0.356 e. The number of hydrogen-bond acceptors (Lipinski definition) is 1. The van der Waals surface area contributed by atoms with Crippen LogP contribution in [0.3, 0.4) is 0 Å². The third-order valence-corrected chi connectivity index (χ3v) is 2.49. The summed E-state index contributed by atoms with van der Waals surface area (Å²) in [5.74, 6) is -1.82. The second kappa shape index (κ2) is 7.58. The van der Waals surface area contributed by atoms with Crippen molar-refractivity contribution < 1.29 is 13.6 Å². The van der Waals surface area contributed by atoms with Crippen LogP contribution in [-0.4, -0.2) is 12.5 Å². The van der Waals surface area contributed by atoms with Gasteiger partial charge in [0.2, 0.25) is 5.91 Å². The van der Waals surface area contributed by atoms with Crippen molar-refractivity contribution in [2.24, 2.45) is 0 Å². The van der Waals surface area contributed by atoms with Gasteiger partial charge in [-0.1, -0.05) is 18.2 Å². The first-order valence-corrected chi connectivity index (χ1v) is 5.95. The maximum absolute atomic E-state index is 12.9. The Morgan fingerprint density at radius 3 is 2.78 bits per heavy atom. The third-order valence-electron chi connectivity index (χ3n) is 2.49. The fourth-order valence-corrected chi connectivity index (χ4v) is 1.50. The number of aryl methyl sites for hydroxylation is 1. The number of rotatable bonds is 6. The van der Waals surface area contributed by atoms with Crippen molar-refractivity contribution in [1.82, 2.24) is 5.32 Å². The lowest BCUT2D eigenvalue weighted by molar-refractivity contribution is -0.121. The van der Waals surface area contributed by atoms with E-state index in [2.05, 4.69) is 5.32 Å². The third kappa shape index (κ3) is 5.08. The maximum Gasteiger partial charge on any atom is 0.220 e. The van der Waals surface area contributed by atoms with Gasteiger partial charge in [-0.2, -0.15) is 0 Å². The van der Waals surface area contributed by atoms with Crippen molar-refractivity contribution in [3.63, 3.8) is 0 Å². The van der Waals surface area contributed by atoms with Crippen LogP contribution in [-0.2, 0) is 11.2 Å². The number of benzene rings is 1. The van der Waals surface area contributed by atoms with Gasteiger partial charge in [0, 0.05) is 13.0 Å². The van der Waals surface area contributed by atoms with Crippen LogP contribution in [0.5, 0.6) is 0 Å². The number of halogens is 2. The molecule has 0 atom stereocenters. The van der Waals surface area contributed by atoms with Gasteiger partial charge in [0.1, 0.15) is 0 Å². The van der Waals surface area contributed by atoms with E-state index in [1.807, 2.05) is 19.1 Å². The molecule has 0 unspecified atom stereocenters. The number of allylic oxidation sites excluding steroid dienone is 1. The van der Waals surface area contributed by atoms with Crippen LogP contribution in [0.15, 0.2) is 30.4 Å². The summed E-state index contributed by atoms with van der Waals surface area (Å²) in [5, 5.41) is 2.76. The van der Waals surface area contributed by atoms with Crippen molar-refractivity contribution in [2.75, 3.05) is 6.54 Å². The fraction of sp³-hybridized carbons (Fsp3) is 0.357. The van der Waals surface area contributed by atoms with Crippen LogP contribution in [0.4, 0.5) is 8.78 Å².